The summed E-state index contributed by atoms with van der Waals surface area (Å²) in [6, 6.07) is 10.1. The SMILES string of the molecule is CC(C)(C)[C@H](N)C(=O)NCC1(c2ccccc2)CCCC1.Cl. The van der Waals surface area contributed by atoms with Gasteiger partial charge in [0, 0.05) is 12.0 Å². The maximum atomic E-state index is 12.3. The van der Waals surface area contributed by atoms with Crippen molar-refractivity contribution in [2.75, 3.05) is 6.54 Å². The summed E-state index contributed by atoms with van der Waals surface area (Å²) < 4.78 is 0. The van der Waals surface area contributed by atoms with Gasteiger partial charge in [-0.1, -0.05) is 63.9 Å². The first-order valence-electron chi connectivity index (χ1n) is 7.94. The van der Waals surface area contributed by atoms with Crippen LogP contribution in [-0.2, 0) is 10.2 Å². The zero-order chi connectivity index (χ0) is 15.5. The molecule has 0 spiro atoms. The zero-order valence-corrected chi connectivity index (χ0v) is 14.7. The molecule has 1 atom stereocenters. The number of benzene rings is 1. The normalized spacial score (nSPS) is 18.4. The van der Waals surface area contributed by atoms with Crippen LogP contribution in [0, 0.1) is 5.41 Å². The van der Waals surface area contributed by atoms with Crippen molar-refractivity contribution in [1.29, 1.82) is 0 Å². The first-order valence-corrected chi connectivity index (χ1v) is 7.94. The number of hydrogen-bond acceptors (Lipinski definition) is 2. The monoisotopic (exact) mass is 324 g/mol. The Balaban J connectivity index is 0.00000242. The summed E-state index contributed by atoms with van der Waals surface area (Å²) in [5.41, 5.74) is 7.27. The Hall–Kier alpha value is -1.06. The van der Waals surface area contributed by atoms with Gasteiger partial charge in [0.05, 0.1) is 6.04 Å². The number of carbonyl (C=O) groups excluding carboxylic acids is 1. The van der Waals surface area contributed by atoms with Crippen molar-refractivity contribution in [3.05, 3.63) is 35.9 Å². The van der Waals surface area contributed by atoms with Crippen LogP contribution in [0.15, 0.2) is 30.3 Å². The largest absolute Gasteiger partial charge is 0.354 e. The molecule has 1 fully saturated rings. The molecule has 124 valence electrons. The molecule has 1 aliphatic rings. The molecule has 3 N–H and O–H groups in total. The lowest BCUT2D eigenvalue weighted by Gasteiger charge is -2.32. The quantitative estimate of drug-likeness (QED) is 0.891. The average molecular weight is 325 g/mol. The lowest BCUT2D eigenvalue weighted by molar-refractivity contribution is -0.124. The number of carbonyl (C=O) groups is 1. The fourth-order valence-corrected chi connectivity index (χ4v) is 3.17. The summed E-state index contributed by atoms with van der Waals surface area (Å²) in [7, 11) is 0. The average Bonchev–Trinajstić information content (AvgIpc) is 2.94. The number of hydrogen-bond donors (Lipinski definition) is 2. The first kappa shape index (κ1) is 19.0. The molecule has 2 rings (SSSR count). The predicted octanol–water partition coefficient (Wildman–Crippen LogP) is 3.41. The Kier molecular flexibility index (Phi) is 6.45. The van der Waals surface area contributed by atoms with Crippen LogP contribution >= 0.6 is 12.4 Å². The molecule has 0 heterocycles. The highest BCUT2D eigenvalue weighted by molar-refractivity contribution is 5.85. The van der Waals surface area contributed by atoms with Crippen LogP contribution in [0.2, 0.25) is 0 Å². The lowest BCUT2D eigenvalue weighted by Crippen LogP contribution is -2.51. The number of nitrogens with one attached hydrogen (secondary N) is 1. The van der Waals surface area contributed by atoms with Crippen molar-refractivity contribution in [3.8, 4) is 0 Å². The Bertz CT molecular complexity index is 476. The topological polar surface area (TPSA) is 55.1 Å². The number of halogens is 1. The van der Waals surface area contributed by atoms with Gasteiger partial charge >= 0.3 is 0 Å². The molecule has 0 aromatic heterocycles. The van der Waals surface area contributed by atoms with E-state index in [1.807, 2.05) is 26.8 Å². The van der Waals surface area contributed by atoms with E-state index in [-0.39, 0.29) is 29.1 Å². The Morgan fingerprint density at radius 2 is 1.77 bits per heavy atom. The second-order valence-electron chi connectivity index (χ2n) is 7.41. The van der Waals surface area contributed by atoms with Gasteiger partial charge < -0.3 is 11.1 Å². The third kappa shape index (κ3) is 4.23. The van der Waals surface area contributed by atoms with Gasteiger partial charge in [0.15, 0.2) is 0 Å². The predicted molar refractivity (Wildman–Crippen MR) is 94.3 cm³/mol. The van der Waals surface area contributed by atoms with Crippen molar-refractivity contribution in [3.63, 3.8) is 0 Å². The van der Waals surface area contributed by atoms with Crippen LogP contribution in [0.3, 0.4) is 0 Å². The van der Waals surface area contributed by atoms with E-state index in [1.54, 1.807) is 0 Å². The zero-order valence-electron chi connectivity index (χ0n) is 13.9. The third-order valence-corrected chi connectivity index (χ3v) is 4.76. The minimum atomic E-state index is -0.466. The van der Waals surface area contributed by atoms with Crippen molar-refractivity contribution >= 4 is 18.3 Å². The molecule has 0 radical (unpaired) electrons. The molecule has 0 saturated heterocycles. The fourth-order valence-electron chi connectivity index (χ4n) is 3.17. The molecule has 3 nitrogen and oxygen atoms in total. The third-order valence-electron chi connectivity index (χ3n) is 4.76. The highest BCUT2D eigenvalue weighted by atomic mass is 35.5. The molecule has 1 aromatic carbocycles. The van der Waals surface area contributed by atoms with Gasteiger partial charge in [-0.15, -0.1) is 12.4 Å². The van der Waals surface area contributed by atoms with Gasteiger partial charge in [-0.3, -0.25) is 4.79 Å². The smallest absolute Gasteiger partial charge is 0.237 e. The molecule has 0 aliphatic heterocycles. The van der Waals surface area contributed by atoms with Gasteiger partial charge in [-0.2, -0.15) is 0 Å². The van der Waals surface area contributed by atoms with Gasteiger partial charge in [0.1, 0.15) is 0 Å². The van der Waals surface area contributed by atoms with Gasteiger partial charge in [0.2, 0.25) is 5.91 Å². The van der Waals surface area contributed by atoms with Crippen molar-refractivity contribution in [2.45, 2.75) is 57.9 Å². The number of nitrogens with two attached hydrogens (primary N) is 1. The van der Waals surface area contributed by atoms with Crippen LogP contribution in [0.5, 0.6) is 0 Å². The Morgan fingerprint density at radius 3 is 2.27 bits per heavy atom. The van der Waals surface area contributed by atoms with E-state index in [2.05, 4.69) is 29.6 Å². The maximum absolute atomic E-state index is 12.3. The Morgan fingerprint density at radius 1 is 1.23 bits per heavy atom. The molecule has 1 aromatic rings. The molecular weight excluding hydrogens is 296 g/mol. The second-order valence-corrected chi connectivity index (χ2v) is 7.41. The molecular formula is C18H29ClN2O. The molecule has 1 saturated carbocycles. The van der Waals surface area contributed by atoms with E-state index in [0.717, 1.165) is 12.8 Å². The summed E-state index contributed by atoms with van der Waals surface area (Å²) in [5, 5.41) is 3.11. The van der Waals surface area contributed by atoms with Crippen LogP contribution in [0.25, 0.3) is 0 Å². The van der Waals surface area contributed by atoms with E-state index in [4.69, 9.17) is 5.73 Å². The van der Waals surface area contributed by atoms with E-state index >= 15 is 0 Å². The highest BCUT2D eigenvalue weighted by Crippen LogP contribution is 2.40. The number of amides is 1. The summed E-state index contributed by atoms with van der Waals surface area (Å²) in [5.74, 6) is -0.0373. The fraction of sp³-hybridized carbons (Fsp3) is 0.611. The minimum absolute atomic E-state index is 0. The van der Waals surface area contributed by atoms with E-state index in [0.29, 0.717) is 6.54 Å². The molecule has 1 amide bonds. The lowest BCUT2D eigenvalue weighted by atomic mass is 9.78. The van der Waals surface area contributed by atoms with Gasteiger partial charge in [-0.25, -0.2) is 0 Å². The van der Waals surface area contributed by atoms with Crippen molar-refractivity contribution < 1.29 is 4.79 Å². The van der Waals surface area contributed by atoms with E-state index in [1.165, 1.54) is 18.4 Å². The summed E-state index contributed by atoms with van der Waals surface area (Å²) in [4.78, 5) is 12.3. The van der Waals surface area contributed by atoms with Crippen LogP contribution in [0.4, 0.5) is 0 Å². The summed E-state index contributed by atoms with van der Waals surface area (Å²) >= 11 is 0. The van der Waals surface area contributed by atoms with Gasteiger partial charge in [0.25, 0.3) is 0 Å². The van der Waals surface area contributed by atoms with E-state index < -0.39 is 6.04 Å². The summed E-state index contributed by atoms with van der Waals surface area (Å²) in [6.45, 7) is 6.69. The van der Waals surface area contributed by atoms with E-state index in [9.17, 15) is 4.79 Å². The van der Waals surface area contributed by atoms with Gasteiger partial charge in [-0.05, 0) is 23.8 Å². The van der Waals surface area contributed by atoms with Crippen molar-refractivity contribution in [1.82, 2.24) is 5.32 Å². The van der Waals surface area contributed by atoms with Crippen LogP contribution in [0.1, 0.15) is 52.0 Å². The number of rotatable bonds is 4. The second kappa shape index (κ2) is 7.47. The molecule has 0 bridgehead atoms. The summed E-state index contributed by atoms with van der Waals surface area (Å²) in [6.07, 6.45) is 4.75. The molecule has 1 aliphatic carbocycles. The van der Waals surface area contributed by atoms with Crippen LogP contribution in [-0.4, -0.2) is 18.5 Å². The molecule has 4 heteroatoms. The maximum Gasteiger partial charge on any atom is 0.237 e. The van der Waals surface area contributed by atoms with Crippen molar-refractivity contribution in [2.24, 2.45) is 11.1 Å². The molecule has 0 unspecified atom stereocenters. The van der Waals surface area contributed by atoms with Crippen LogP contribution < -0.4 is 11.1 Å². The standard InChI is InChI=1S/C18H28N2O.ClH/c1-17(2,3)15(19)16(21)20-13-18(11-7-8-12-18)14-9-5-4-6-10-14;/h4-6,9-10,15H,7-8,11-13,19H2,1-3H3,(H,20,21);1H/t15-;/m1./s1. The molecule has 22 heavy (non-hydrogen) atoms. The first-order chi connectivity index (χ1) is 9.85. The highest BCUT2D eigenvalue weighted by Gasteiger charge is 2.37. The minimum Gasteiger partial charge on any atom is -0.354 e. The Labute approximate surface area is 140 Å².